The molecule has 1 heterocycles. The molecule has 0 aliphatic heterocycles. The molecule has 0 fully saturated rings. The largest absolute Gasteiger partial charge is 0.492 e. The van der Waals surface area contributed by atoms with Gasteiger partial charge in [-0.2, -0.15) is 0 Å². The zero-order valence-electron chi connectivity index (χ0n) is 14.0. The minimum absolute atomic E-state index is 0.119. The number of ether oxygens (including phenoxy) is 1. The summed E-state index contributed by atoms with van der Waals surface area (Å²) in [5.41, 5.74) is 3.21. The third-order valence-electron chi connectivity index (χ3n) is 3.82. The van der Waals surface area contributed by atoms with Crippen LogP contribution in [0.3, 0.4) is 0 Å². The van der Waals surface area contributed by atoms with E-state index in [4.69, 9.17) is 16.3 Å². The van der Waals surface area contributed by atoms with Gasteiger partial charge in [-0.3, -0.25) is 9.59 Å². The van der Waals surface area contributed by atoms with Crippen LogP contribution in [0.15, 0.2) is 18.2 Å². The Kier molecular flexibility index (Phi) is 4.95. The smallest absolute Gasteiger partial charge is 0.162 e. The zero-order valence-corrected chi connectivity index (χ0v) is 14.7. The van der Waals surface area contributed by atoms with Gasteiger partial charge in [-0.05, 0) is 52.8 Å². The number of hydrogen-bond acceptors (Lipinski definition) is 3. The van der Waals surface area contributed by atoms with E-state index in [1.807, 2.05) is 31.4 Å². The Balaban J connectivity index is 2.69. The van der Waals surface area contributed by atoms with Crippen LogP contribution >= 0.6 is 11.6 Å². The molecule has 0 saturated carbocycles. The van der Waals surface area contributed by atoms with Crippen LogP contribution in [-0.2, 0) is 0 Å². The number of carbonyl (C=O) groups excluding carboxylic acids is 2. The van der Waals surface area contributed by atoms with Crippen molar-refractivity contribution in [2.24, 2.45) is 0 Å². The fourth-order valence-corrected chi connectivity index (χ4v) is 3.22. The molecule has 4 nitrogen and oxygen atoms in total. The van der Waals surface area contributed by atoms with E-state index in [0.717, 1.165) is 17.1 Å². The van der Waals surface area contributed by atoms with Crippen molar-refractivity contribution in [2.75, 3.05) is 6.61 Å². The van der Waals surface area contributed by atoms with Crippen molar-refractivity contribution in [3.63, 3.8) is 0 Å². The lowest BCUT2D eigenvalue weighted by Gasteiger charge is -2.12. The molecule has 0 N–H and O–H groups in total. The molecule has 0 amide bonds. The van der Waals surface area contributed by atoms with Crippen molar-refractivity contribution in [1.82, 2.24) is 4.57 Å². The van der Waals surface area contributed by atoms with Gasteiger partial charge < -0.3 is 9.30 Å². The van der Waals surface area contributed by atoms with E-state index in [-0.39, 0.29) is 11.6 Å². The monoisotopic (exact) mass is 333 g/mol. The van der Waals surface area contributed by atoms with Crippen molar-refractivity contribution < 1.29 is 14.3 Å². The number of nitrogens with zero attached hydrogens (tertiary/aromatic N) is 1. The van der Waals surface area contributed by atoms with Gasteiger partial charge in [0.2, 0.25) is 0 Å². The summed E-state index contributed by atoms with van der Waals surface area (Å²) in [5, 5.41) is 0.491. The summed E-state index contributed by atoms with van der Waals surface area (Å²) >= 11 is 6.26. The third kappa shape index (κ3) is 3.04. The van der Waals surface area contributed by atoms with Gasteiger partial charge >= 0.3 is 0 Å². The maximum atomic E-state index is 12.0. The van der Waals surface area contributed by atoms with E-state index in [0.29, 0.717) is 28.5 Å². The number of ketones is 2. The number of aromatic nitrogens is 1. The van der Waals surface area contributed by atoms with E-state index >= 15 is 0 Å². The van der Waals surface area contributed by atoms with Gasteiger partial charge in [0.1, 0.15) is 5.75 Å². The molecule has 1 aromatic heterocycles. The van der Waals surface area contributed by atoms with Crippen LogP contribution in [0.4, 0.5) is 0 Å². The highest BCUT2D eigenvalue weighted by Crippen LogP contribution is 2.31. The van der Waals surface area contributed by atoms with Crippen LogP contribution in [0, 0.1) is 13.8 Å². The summed E-state index contributed by atoms with van der Waals surface area (Å²) in [5.74, 6) is 0.372. The molecule has 5 heteroatoms. The van der Waals surface area contributed by atoms with Crippen LogP contribution < -0.4 is 4.74 Å². The lowest BCUT2D eigenvalue weighted by atomic mass is 10.0. The average Bonchev–Trinajstić information content (AvgIpc) is 2.73. The first-order valence-corrected chi connectivity index (χ1v) is 7.83. The van der Waals surface area contributed by atoms with E-state index < -0.39 is 0 Å². The zero-order chi connectivity index (χ0) is 17.3. The van der Waals surface area contributed by atoms with E-state index in [1.165, 1.54) is 13.8 Å². The Labute approximate surface area is 141 Å². The van der Waals surface area contributed by atoms with Crippen molar-refractivity contribution in [3.8, 4) is 11.4 Å². The van der Waals surface area contributed by atoms with Crippen LogP contribution in [0.25, 0.3) is 5.69 Å². The molecular formula is C18H20ClNO3. The molecule has 2 rings (SSSR count). The fraction of sp³-hybridized carbons (Fsp3) is 0.333. The molecule has 0 bridgehead atoms. The van der Waals surface area contributed by atoms with Crippen molar-refractivity contribution in [2.45, 2.75) is 34.6 Å². The Morgan fingerprint density at radius 3 is 2.00 bits per heavy atom. The van der Waals surface area contributed by atoms with Crippen LogP contribution in [0.2, 0.25) is 5.02 Å². The Hall–Kier alpha value is -2.07. The summed E-state index contributed by atoms with van der Waals surface area (Å²) in [4.78, 5) is 24.0. The molecule has 23 heavy (non-hydrogen) atoms. The molecule has 0 spiro atoms. The fourth-order valence-electron chi connectivity index (χ4n) is 2.99. The Morgan fingerprint density at radius 2 is 1.61 bits per heavy atom. The van der Waals surface area contributed by atoms with Gasteiger partial charge in [-0.1, -0.05) is 11.6 Å². The van der Waals surface area contributed by atoms with Gasteiger partial charge in [-0.15, -0.1) is 0 Å². The number of rotatable bonds is 5. The normalized spacial score (nSPS) is 10.7. The van der Waals surface area contributed by atoms with Crippen molar-refractivity contribution >= 4 is 23.2 Å². The molecule has 0 aliphatic carbocycles. The molecule has 0 atom stereocenters. The summed E-state index contributed by atoms with van der Waals surface area (Å²) in [6.45, 7) is 9.04. The maximum Gasteiger partial charge on any atom is 0.162 e. The second-order valence-corrected chi connectivity index (χ2v) is 5.82. The predicted octanol–water partition coefficient (Wildman–Crippen LogP) is 4.55. The van der Waals surface area contributed by atoms with Crippen LogP contribution in [0.1, 0.15) is 52.9 Å². The Bertz CT molecular complexity index is 753. The lowest BCUT2D eigenvalue weighted by Crippen LogP contribution is -2.02. The first-order valence-electron chi connectivity index (χ1n) is 7.46. The molecule has 0 aliphatic rings. The molecule has 2 aromatic rings. The topological polar surface area (TPSA) is 48.3 Å². The standard InChI is InChI=1S/C18H20ClNO3/c1-6-23-16-8-7-14(9-15(16)19)20-10(2)17(12(4)21)18(11(20)3)13(5)22/h7-9H,6H2,1-5H3. The molecule has 0 radical (unpaired) electrons. The highest BCUT2D eigenvalue weighted by atomic mass is 35.5. The van der Waals surface area contributed by atoms with Crippen molar-refractivity contribution in [3.05, 3.63) is 45.7 Å². The lowest BCUT2D eigenvalue weighted by molar-refractivity contribution is 0.0981. The van der Waals surface area contributed by atoms with Gasteiger partial charge in [-0.25, -0.2) is 0 Å². The van der Waals surface area contributed by atoms with Crippen molar-refractivity contribution in [1.29, 1.82) is 0 Å². The summed E-state index contributed by atoms with van der Waals surface area (Å²) < 4.78 is 7.33. The molecular weight excluding hydrogens is 314 g/mol. The van der Waals surface area contributed by atoms with Gasteiger partial charge in [0.25, 0.3) is 0 Å². The highest BCUT2D eigenvalue weighted by Gasteiger charge is 2.24. The van der Waals surface area contributed by atoms with E-state index in [2.05, 4.69) is 0 Å². The van der Waals surface area contributed by atoms with Crippen LogP contribution in [-0.4, -0.2) is 22.7 Å². The SMILES string of the molecule is CCOc1ccc(-n2c(C)c(C(C)=O)c(C(C)=O)c2C)cc1Cl. The number of halogens is 1. The van der Waals surface area contributed by atoms with Gasteiger partial charge in [0.15, 0.2) is 11.6 Å². The van der Waals surface area contributed by atoms with Gasteiger partial charge in [0, 0.05) is 28.2 Å². The summed E-state index contributed by atoms with van der Waals surface area (Å²) in [6.07, 6.45) is 0. The van der Waals surface area contributed by atoms with E-state index in [9.17, 15) is 9.59 Å². The first-order chi connectivity index (χ1) is 10.8. The second-order valence-electron chi connectivity index (χ2n) is 5.42. The minimum Gasteiger partial charge on any atom is -0.492 e. The number of Topliss-reactive ketones (excluding diaryl/α,β-unsaturated/α-hetero) is 2. The van der Waals surface area contributed by atoms with Gasteiger partial charge in [0.05, 0.1) is 11.6 Å². The number of benzene rings is 1. The minimum atomic E-state index is -0.119. The second kappa shape index (κ2) is 6.59. The Morgan fingerprint density at radius 1 is 1.09 bits per heavy atom. The van der Waals surface area contributed by atoms with E-state index in [1.54, 1.807) is 12.1 Å². The molecule has 1 aromatic carbocycles. The number of hydrogen-bond donors (Lipinski definition) is 0. The third-order valence-corrected chi connectivity index (χ3v) is 4.12. The highest BCUT2D eigenvalue weighted by molar-refractivity contribution is 6.32. The maximum absolute atomic E-state index is 12.0. The molecule has 122 valence electrons. The molecule has 0 unspecified atom stereocenters. The quantitative estimate of drug-likeness (QED) is 0.754. The summed E-state index contributed by atoms with van der Waals surface area (Å²) in [6, 6.07) is 5.44. The molecule has 0 saturated heterocycles. The first kappa shape index (κ1) is 17.3. The van der Waals surface area contributed by atoms with Crippen LogP contribution in [0.5, 0.6) is 5.75 Å². The predicted molar refractivity (Wildman–Crippen MR) is 91.4 cm³/mol. The number of carbonyl (C=O) groups is 2. The summed E-state index contributed by atoms with van der Waals surface area (Å²) in [7, 11) is 0. The average molecular weight is 334 g/mol.